The van der Waals surface area contributed by atoms with Crippen molar-refractivity contribution in [1.29, 1.82) is 0 Å². The number of primary sulfonamides is 1. The van der Waals surface area contributed by atoms with E-state index in [9.17, 15) is 13.2 Å². The summed E-state index contributed by atoms with van der Waals surface area (Å²) in [6, 6.07) is 4.49. The minimum atomic E-state index is -3.78. The van der Waals surface area contributed by atoms with Gasteiger partial charge in [-0.2, -0.15) is 0 Å². The Labute approximate surface area is 125 Å². The second kappa shape index (κ2) is 5.75. The lowest BCUT2D eigenvalue weighted by molar-refractivity contribution is -0.126. The summed E-state index contributed by atoms with van der Waals surface area (Å²) >= 11 is 0. The standard InChI is InChI=1S/C14H21N3O3S/c1-10-3-4-11(21(15,19)20)9-12(10)17-13(18)14(2)5-7-16-8-6-14/h3-4,9,16H,5-8H2,1-2H3,(H,17,18)(H2,15,19,20). The average Bonchev–Trinajstić information content (AvgIpc) is 2.40. The molecule has 1 saturated heterocycles. The van der Waals surface area contributed by atoms with Crippen LogP contribution in [-0.4, -0.2) is 27.4 Å². The number of piperidine rings is 1. The van der Waals surface area contributed by atoms with Crippen molar-refractivity contribution >= 4 is 21.6 Å². The van der Waals surface area contributed by atoms with Gasteiger partial charge in [-0.1, -0.05) is 13.0 Å². The molecule has 1 heterocycles. The van der Waals surface area contributed by atoms with Crippen LogP contribution in [0.2, 0.25) is 0 Å². The van der Waals surface area contributed by atoms with Crippen LogP contribution in [0.4, 0.5) is 5.69 Å². The summed E-state index contributed by atoms with van der Waals surface area (Å²) in [5, 5.41) is 11.2. The van der Waals surface area contributed by atoms with Crippen molar-refractivity contribution in [2.75, 3.05) is 18.4 Å². The predicted octanol–water partition coefficient (Wildman–Crippen LogP) is 0.971. The summed E-state index contributed by atoms with van der Waals surface area (Å²) in [4.78, 5) is 12.5. The minimum Gasteiger partial charge on any atom is -0.325 e. The van der Waals surface area contributed by atoms with E-state index in [0.29, 0.717) is 5.69 Å². The molecule has 0 unspecified atom stereocenters. The maximum Gasteiger partial charge on any atom is 0.238 e. The second-order valence-corrected chi connectivity index (χ2v) is 7.35. The first-order valence-electron chi connectivity index (χ1n) is 6.88. The van der Waals surface area contributed by atoms with Crippen LogP contribution in [0, 0.1) is 12.3 Å². The lowest BCUT2D eigenvalue weighted by atomic mass is 9.80. The van der Waals surface area contributed by atoms with E-state index in [-0.39, 0.29) is 10.8 Å². The van der Waals surface area contributed by atoms with Crippen molar-refractivity contribution in [2.45, 2.75) is 31.6 Å². The molecule has 1 aliphatic heterocycles. The molecule has 4 N–H and O–H groups in total. The Morgan fingerprint density at radius 1 is 1.33 bits per heavy atom. The number of carbonyl (C=O) groups excluding carboxylic acids is 1. The van der Waals surface area contributed by atoms with Gasteiger partial charge in [-0.3, -0.25) is 4.79 Å². The number of sulfonamides is 1. The number of amides is 1. The first-order chi connectivity index (χ1) is 9.72. The van der Waals surface area contributed by atoms with Gasteiger partial charge in [0.15, 0.2) is 0 Å². The van der Waals surface area contributed by atoms with E-state index in [2.05, 4.69) is 10.6 Å². The molecular weight excluding hydrogens is 290 g/mol. The fraction of sp³-hybridized carbons (Fsp3) is 0.500. The van der Waals surface area contributed by atoms with Crippen molar-refractivity contribution in [3.8, 4) is 0 Å². The van der Waals surface area contributed by atoms with Crippen LogP contribution in [0.5, 0.6) is 0 Å². The van der Waals surface area contributed by atoms with E-state index < -0.39 is 15.4 Å². The van der Waals surface area contributed by atoms with Crippen LogP contribution in [0.1, 0.15) is 25.3 Å². The van der Waals surface area contributed by atoms with Gasteiger partial charge in [-0.05, 0) is 50.6 Å². The number of anilines is 1. The molecule has 6 nitrogen and oxygen atoms in total. The van der Waals surface area contributed by atoms with E-state index in [0.717, 1.165) is 31.5 Å². The third-order valence-corrected chi connectivity index (χ3v) is 4.95. The molecule has 0 radical (unpaired) electrons. The molecule has 1 aromatic carbocycles. The second-order valence-electron chi connectivity index (χ2n) is 5.79. The van der Waals surface area contributed by atoms with Crippen LogP contribution >= 0.6 is 0 Å². The molecule has 1 aromatic rings. The normalized spacial score (nSPS) is 18.2. The number of nitrogens with one attached hydrogen (secondary N) is 2. The fourth-order valence-corrected chi connectivity index (χ4v) is 2.93. The van der Waals surface area contributed by atoms with Crippen LogP contribution in [0.15, 0.2) is 23.1 Å². The first kappa shape index (κ1) is 15.9. The molecule has 1 fully saturated rings. The van der Waals surface area contributed by atoms with E-state index in [4.69, 9.17) is 5.14 Å². The molecule has 2 rings (SSSR count). The third-order valence-electron chi connectivity index (χ3n) is 4.04. The molecule has 21 heavy (non-hydrogen) atoms. The molecule has 0 atom stereocenters. The SMILES string of the molecule is Cc1ccc(S(N)(=O)=O)cc1NC(=O)C1(C)CCNCC1. The highest BCUT2D eigenvalue weighted by molar-refractivity contribution is 7.89. The van der Waals surface area contributed by atoms with Crippen molar-refractivity contribution in [1.82, 2.24) is 5.32 Å². The summed E-state index contributed by atoms with van der Waals surface area (Å²) in [7, 11) is -3.78. The van der Waals surface area contributed by atoms with E-state index >= 15 is 0 Å². The molecule has 0 spiro atoms. The third kappa shape index (κ3) is 3.61. The zero-order chi connectivity index (χ0) is 15.7. The Bertz CT molecular complexity index is 649. The summed E-state index contributed by atoms with van der Waals surface area (Å²) in [5.74, 6) is -0.0846. The van der Waals surface area contributed by atoms with Crippen LogP contribution < -0.4 is 15.8 Å². The maximum atomic E-state index is 12.5. The van der Waals surface area contributed by atoms with Gasteiger partial charge >= 0.3 is 0 Å². The van der Waals surface area contributed by atoms with Gasteiger partial charge in [0.1, 0.15) is 0 Å². The van der Waals surface area contributed by atoms with Gasteiger partial charge in [0, 0.05) is 11.1 Å². The van der Waals surface area contributed by atoms with E-state index in [1.54, 1.807) is 6.07 Å². The number of carbonyl (C=O) groups is 1. The van der Waals surface area contributed by atoms with Crippen LogP contribution in [0.25, 0.3) is 0 Å². The lowest BCUT2D eigenvalue weighted by Gasteiger charge is -2.32. The molecule has 0 saturated carbocycles. The number of rotatable bonds is 3. The smallest absolute Gasteiger partial charge is 0.238 e. The molecule has 116 valence electrons. The zero-order valence-corrected chi connectivity index (χ0v) is 13.1. The number of aryl methyl sites for hydroxylation is 1. The Balaban J connectivity index is 2.24. The highest BCUT2D eigenvalue weighted by Crippen LogP contribution is 2.30. The number of hydrogen-bond acceptors (Lipinski definition) is 4. The monoisotopic (exact) mass is 311 g/mol. The van der Waals surface area contributed by atoms with E-state index in [1.165, 1.54) is 12.1 Å². The highest BCUT2D eigenvalue weighted by atomic mass is 32.2. The molecule has 0 aliphatic carbocycles. The van der Waals surface area contributed by atoms with E-state index in [1.807, 2.05) is 13.8 Å². The average molecular weight is 311 g/mol. The number of hydrogen-bond donors (Lipinski definition) is 3. The van der Waals surface area contributed by atoms with Crippen molar-refractivity contribution < 1.29 is 13.2 Å². The highest BCUT2D eigenvalue weighted by Gasteiger charge is 2.34. The summed E-state index contributed by atoms with van der Waals surface area (Å²) in [6.45, 7) is 5.36. The quantitative estimate of drug-likeness (QED) is 0.774. The van der Waals surface area contributed by atoms with Gasteiger partial charge < -0.3 is 10.6 Å². The topological polar surface area (TPSA) is 101 Å². The Kier molecular flexibility index (Phi) is 4.36. The predicted molar refractivity (Wildman–Crippen MR) is 81.4 cm³/mol. The van der Waals surface area contributed by atoms with Crippen molar-refractivity contribution in [2.24, 2.45) is 10.6 Å². The largest absolute Gasteiger partial charge is 0.325 e. The first-order valence-corrected chi connectivity index (χ1v) is 8.43. The Morgan fingerprint density at radius 2 is 1.95 bits per heavy atom. The summed E-state index contributed by atoms with van der Waals surface area (Å²) < 4.78 is 22.8. The van der Waals surface area contributed by atoms with Gasteiger partial charge in [-0.15, -0.1) is 0 Å². The van der Waals surface area contributed by atoms with Crippen molar-refractivity contribution in [3.05, 3.63) is 23.8 Å². The molecule has 1 amide bonds. The van der Waals surface area contributed by atoms with Crippen molar-refractivity contribution in [3.63, 3.8) is 0 Å². The number of nitrogens with two attached hydrogens (primary N) is 1. The fourth-order valence-electron chi connectivity index (χ4n) is 2.39. The summed E-state index contributed by atoms with van der Waals surface area (Å²) in [6.07, 6.45) is 1.51. The Morgan fingerprint density at radius 3 is 2.52 bits per heavy atom. The van der Waals surface area contributed by atoms with Gasteiger partial charge in [0.2, 0.25) is 15.9 Å². The molecular formula is C14H21N3O3S. The number of benzene rings is 1. The van der Waals surface area contributed by atoms with Gasteiger partial charge in [-0.25, -0.2) is 13.6 Å². The van der Waals surface area contributed by atoms with Gasteiger partial charge in [0.05, 0.1) is 4.90 Å². The molecule has 0 aromatic heterocycles. The summed E-state index contributed by atoms with van der Waals surface area (Å²) in [5.41, 5.74) is 0.856. The molecule has 0 bridgehead atoms. The van der Waals surface area contributed by atoms with Gasteiger partial charge in [0.25, 0.3) is 0 Å². The molecule has 7 heteroatoms. The molecule has 1 aliphatic rings. The maximum absolute atomic E-state index is 12.5. The Hall–Kier alpha value is -1.44. The zero-order valence-electron chi connectivity index (χ0n) is 12.3. The van der Waals surface area contributed by atoms with Crippen LogP contribution in [0.3, 0.4) is 0 Å². The minimum absolute atomic E-state index is 0.00105. The lowest BCUT2D eigenvalue weighted by Crippen LogP contribution is -2.42. The van der Waals surface area contributed by atoms with Crippen LogP contribution in [-0.2, 0) is 14.8 Å².